The van der Waals surface area contributed by atoms with Gasteiger partial charge in [0.25, 0.3) is 0 Å². The Kier molecular flexibility index (Phi) is 5.51. The highest BCUT2D eigenvalue weighted by Crippen LogP contribution is 2.19. The zero-order valence-corrected chi connectivity index (χ0v) is 15.2. The molecule has 9 nitrogen and oxygen atoms in total. The maximum Gasteiger partial charge on any atom is 0.323 e. The van der Waals surface area contributed by atoms with Gasteiger partial charge in [-0.2, -0.15) is 15.5 Å². The molecule has 0 aromatic carbocycles. The van der Waals surface area contributed by atoms with Gasteiger partial charge in [0.15, 0.2) is 5.82 Å². The smallest absolute Gasteiger partial charge is 0.323 e. The molecule has 1 unspecified atom stereocenters. The van der Waals surface area contributed by atoms with Gasteiger partial charge in [0.1, 0.15) is 11.6 Å². The van der Waals surface area contributed by atoms with Crippen molar-refractivity contribution in [1.82, 2.24) is 29.4 Å². The number of aromatic nitrogens is 5. The van der Waals surface area contributed by atoms with Crippen molar-refractivity contribution in [1.29, 1.82) is 5.26 Å². The van der Waals surface area contributed by atoms with Crippen molar-refractivity contribution in [2.24, 2.45) is 5.92 Å². The lowest BCUT2D eigenvalue weighted by Gasteiger charge is -2.32. The van der Waals surface area contributed by atoms with Crippen molar-refractivity contribution in [2.45, 2.75) is 46.2 Å². The highest BCUT2D eigenvalue weighted by atomic mass is 16.2. The van der Waals surface area contributed by atoms with Gasteiger partial charge in [0.2, 0.25) is 0 Å². The fraction of sp³-hybridized carbons (Fsp3) is 0.588. The molecule has 0 radical (unpaired) electrons. The van der Waals surface area contributed by atoms with Crippen LogP contribution < -0.4 is 5.32 Å². The Balaban J connectivity index is 1.55. The normalized spacial score (nSPS) is 17.1. The highest BCUT2D eigenvalue weighted by Gasteiger charge is 2.25. The van der Waals surface area contributed by atoms with E-state index in [1.807, 2.05) is 23.4 Å². The lowest BCUT2D eigenvalue weighted by atomic mass is 9.98. The zero-order chi connectivity index (χ0) is 18.5. The van der Waals surface area contributed by atoms with Crippen LogP contribution in [0.5, 0.6) is 0 Å². The second-order valence-electron chi connectivity index (χ2n) is 6.64. The number of amides is 2. The van der Waals surface area contributed by atoms with E-state index in [0.29, 0.717) is 31.2 Å². The largest absolute Gasteiger partial charge is 0.324 e. The van der Waals surface area contributed by atoms with Crippen molar-refractivity contribution >= 4 is 11.8 Å². The van der Waals surface area contributed by atoms with Gasteiger partial charge in [-0.25, -0.2) is 14.5 Å². The summed E-state index contributed by atoms with van der Waals surface area (Å²) in [6, 6.07) is 3.70. The van der Waals surface area contributed by atoms with E-state index in [1.165, 1.54) is 0 Å². The van der Waals surface area contributed by atoms with Gasteiger partial charge in [-0.05, 0) is 32.6 Å². The van der Waals surface area contributed by atoms with Gasteiger partial charge in [-0.15, -0.1) is 0 Å². The molecule has 26 heavy (non-hydrogen) atoms. The molecule has 138 valence electrons. The molecule has 1 N–H and O–H groups in total. The number of urea groups is 1. The standard InChI is InChI=1S/C17H24N8O/c1-13-19-14(2)25(21-13)12-15-5-3-8-23(11-15)17(26)20-16-6-10-24(22-16)9-4-7-18/h6,10,15H,3-5,8-9,11-12H2,1-2H3,(H,20,22,26). The van der Waals surface area contributed by atoms with Crippen molar-refractivity contribution in [2.75, 3.05) is 18.4 Å². The minimum atomic E-state index is -0.133. The van der Waals surface area contributed by atoms with Crippen molar-refractivity contribution < 1.29 is 4.79 Å². The Hall–Kier alpha value is -2.89. The molecule has 2 aromatic heterocycles. The van der Waals surface area contributed by atoms with Gasteiger partial charge in [-0.3, -0.25) is 10.00 Å². The van der Waals surface area contributed by atoms with Crippen LogP contribution in [0.15, 0.2) is 12.3 Å². The van der Waals surface area contributed by atoms with E-state index in [1.54, 1.807) is 16.9 Å². The summed E-state index contributed by atoms with van der Waals surface area (Å²) < 4.78 is 3.59. The maximum atomic E-state index is 12.5. The molecular weight excluding hydrogens is 332 g/mol. The Morgan fingerprint density at radius 2 is 2.27 bits per heavy atom. The van der Waals surface area contributed by atoms with E-state index >= 15 is 0 Å². The van der Waals surface area contributed by atoms with Crippen LogP contribution in [0, 0.1) is 31.1 Å². The van der Waals surface area contributed by atoms with Crippen molar-refractivity contribution in [3.05, 3.63) is 23.9 Å². The third-order valence-corrected chi connectivity index (χ3v) is 4.53. The molecule has 0 aliphatic carbocycles. The predicted octanol–water partition coefficient (Wildman–Crippen LogP) is 1.95. The van der Waals surface area contributed by atoms with Gasteiger partial charge < -0.3 is 4.90 Å². The van der Waals surface area contributed by atoms with Crippen LogP contribution >= 0.6 is 0 Å². The Morgan fingerprint density at radius 3 is 3.00 bits per heavy atom. The first kappa shape index (κ1) is 17.9. The molecule has 3 heterocycles. The summed E-state index contributed by atoms with van der Waals surface area (Å²) >= 11 is 0. The first-order chi connectivity index (χ1) is 12.5. The highest BCUT2D eigenvalue weighted by molar-refractivity contribution is 5.88. The molecule has 2 amide bonds. The number of nitrogens with one attached hydrogen (secondary N) is 1. The number of carbonyl (C=O) groups excluding carboxylic acids is 1. The van der Waals surface area contributed by atoms with Crippen LogP contribution in [0.25, 0.3) is 0 Å². The number of likely N-dealkylation sites (tertiary alicyclic amines) is 1. The average Bonchev–Trinajstić information content (AvgIpc) is 3.19. The summed E-state index contributed by atoms with van der Waals surface area (Å²) in [5.41, 5.74) is 0. The van der Waals surface area contributed by atoms with Crippen LogP contribution in [0.1, 0.15) is 30.9 Å². The lowest BCUT2D eigenvalue weighted by Crippen LogP contribution is -2.43. The zero-order valence-electron chi connectivity index (χ0n) is 15.2. The summed E-state index contributed by atoms with van der Waals surface area (Å²) in [7, 11) is 0. The third-order valence-electron chi connectivity index (χ3n) is 4.53. The Labute approximate surface area is 152 Å². The van der Waals surface area contributed by atoms with E-state index in [0.717, 1.165) is 37.6 Å². The fourth-order valence-corrected chi connectivity index (χ4v) is 3.28. The Bertz CT molecular complexity index is 802. The minimum absolute atomic E-state index is 0.133. The number of hydrogen-bond acceptors (Lipinski definition) is 5. The lowest BCUT2D eigenvalue weighted by molar-refractivity contribution is 0.168. The number of piperidine rings is 1. The fourth-order valence-electron chi connectivity index (χ4n) is 3.28. The summed E-state index contributed by atoms with van der Waals surface area (Å²) in [6.07, 6.45) is 4.21. The summed E-state index contributed by atoms with van der Waals surface area (Å²) in [6.45, 7) is 6.58. The van der Waals surface area contributed by atoms with E-state index in [2.05, 4.69) is 26.6 Å². The minimum Gasteiger partial charge on any atom is -0.324 e. The first-order valence-electron chi connectivity index (χ1n) is 8.89. The molecule has 2 aromatic rings. The Morgan fingerprint density at radius 1 is 1.42 bits per heavy atom. The number of nitrogens with zero attached hydrogens (tertiary/aromatic N) is 7. The van der Waals surface area contributed by atoms with E-state index in [9.17, 15) is 4.79 Å². The molecule has 1 aliphatic heterocycles. The second-order valence-corrected chi connectivity index (χ2v) is 6.64. The molecule has 1 aliphatic rings. The van der Waals surface area contributed by atoms with Crippen LogP contribution in [0.3, 0.4) is 0 Å². The quantitative estimate of drug-likeness (QED) is 0.881. The summed E-state index contributed by atoms with van der Waals surface area (Å²) in [4.78, 5) is 18.7. The number of anilines is 1. The molecule has 1 atom stereocenters. The van der Waals surface area contributed by atoms with E-state index < -0.39 is 0 Å². The molecule has 0 spiro atoms. The van der Waals surface area contributed by atoms with Gasteiger partial charge in [-0.1, -0.05) is 0 Å². The van der Waals surface area contributed by atoms with Gasteiger partial charge in [0.05, 0.1) is 19.0 Å². The molecule has 0 saturated carbocycles. The maximum absolute atomic E-state index is 12.5. The molecular formula is C17H24N8O. The summed E-state index contributed by atoms with van der Waals surface area (Å²) in [5, 5.41) is 20.2. The third kappa shape index (κ3) is 4.39. The van der Waals surface area contributed by atoms with E-state index in [-0.39, 0.29) is 6.03 Å². The van der Waals surface area contributed by atoms with Crippen LogP contribution in [-0.2, 0) is 13.1 Å². The number of nitriles is 1. The predicted molar refractivity (Wildman–Crippen MR) is 95.3 cm³/mol. The van der Waals surface area contributed by atoms with Crippen LogP contribution in [0.4, 0.5) is 10.6 Å². The molecule has 9 heteroatoms. The monoisotopic (exact) mass is 356 g/mol. The van der Waals surface area contributed by atoms with Crippen LogP contribution in [0.2, 0.25) is 0 Å². The van der Waals surface area contributed by atoms with Crippen molar-refractivity contribution in [3.8, 4) is 6.07 Å². The second kappa shape index (κ2) is 7.99. The van der Waals surface area contributed by atoms with Gasteiger partial charge in [0, 0.05) is 31.9 Å². The van der Waals surface area contributed by atoms with E-state index in [4.69, 9.17) is 5.26 Å². The summed E-state index contributed by atoms with van der Waals surface area (Å²) in [5.74, 6) is 2.56. The number of carbonyl (C=O) groups is 1. The average molecular weight is 356 g/mol. The SMILES string of the molecule is Cc1nc(C)n(CC2CCCN(C(=O)Nc3ccn(CCC#N)n3)C2)n1. The molecule has 1 fully saturated rings. The van der Waals surface area contributed by atoms with Crippen molar-refractivity contribution in [3.63, 3.8) is 0 Å². The topological polar surface area (TPSA) is 105 Å². The number of hydrogen-bond donors (Lipinski definition) is 1. The van der Waals surface area contributed by atoms with Crippen LogP contribution in [-0.4, -0.2) is 48.6 Å². The molecule has 0 bridgehead atoms. The molecule has 3 rings (SSSR count). The number of rotatable bonds is 5. The van der Waals surface area contributed by atoms with Gasteiger partial charge >= 0.3 is 6.03 Å². The first-order valence-corrected chi connectivity index (χ1v) is 8.89. The molecule has 1 saturated heterocycles. The number of aryl methyl sites for hydroxylation is 3.